The largest absolute Gasteiger partial charge is 0.497 e. The topological polar surface area (TPSA) is 64.3 Å². The van der Waals surface area contributed by atoms with E-state index in [4.69, 9.17) is 22.1 Å². The van der Waals surface area contributed by atoms with Crippen LogP contribution in [0.25, 0.3) is 0 Å². The number of hydrogen-bond donors (Lipinski definition) is 2. The van der Waals surface area contributed by atoms with Gasteiger partial charge in [0, 0.05) is 10.2 Å². The zero-order valence-electron chi connectivity index (χ0n) is 11.3. The van der Waals surface area contributed by atoms with Crippen LogP contribution in [0, 0.1) is 0 Å². The van der Waals surface area contributed by atoms with Gasteiger partial charge in [-0.2, -0.15) is 0 Å². The minimum Gasteiger partial charge on any atom is -0.497 e. The molecule has 0 heterocycles. The van der Waals surface area contributed by atoms with Gasteiger partial charge in [0.05, 0.1) is 12.1 Å². The summed E-state index contributed by atoms with van der Waals surface area (Å²) in [5, 5.41) is 3.67. The van der Waals surface area contributed by atoms with Gasteiger partial charge in [-0.15, -0.1) is 0 Å². The molecule has 0 bridgehead atoms. The molecule has 110 valence electrons. The lowest BCUT2D eigenvalue weighted by atomic mass is 10.1. The molecule has 0 aliphatic rings. The molecule has 3 N–H and O–H groups in total. The molecule has 0 spiro atoms. The fraction of sp³-hybridized carbons (Fsp3) is 0.133. The summed E-state index contributed by atoms with van der Waals surface area (Å²) in [6.07, 6.45) is 0. The highest BCUT2D eigenvalue weighted by Gasteiger charge is 2.18. The van der Waals surface area contributed by atoms with E-state index in [0.717, 1.165) is 17.0 Å². The highest BCUT2D eigenvalue weighted by Crippen LogP contribution is 2.28. The molecule has 1 atom stereocenters. The molecule has 0 fully saturated rings. The van der Waals surface area contributed by atoms with Crippen LogP contribution in [0.1, 0.15) is 11.6 Å². The fourth-order valence-corrected chi connectivity index (χ4v) is 2.38. The van der Waals surface area contributed by atoms with Crippen LogP contribution >= 0.6 is 27.5 Å². The quantitative estimate of drug-likeness (QED) is 0.843. The van der Waals surface area contributed by atoms with Crippen molar-refractivity contribution in [2.45, 2.75) is 6.04 Å². The Morgan fingerprint density at radius 3 is 2.48 bits per heavy atom. The summed E-state index contributed by atoms with van der Waals surface area (Å²) < 4.78 is 5.81. The number of carbonyl (C=O) groups excluding carboxylic acids is 1. The van der Waals surface area contributed by atoms with Crippen LogP contribution in [-0.2, 0) is 4.79 Å². The Balaban J connectivity index is 2.26. The maximum absolute atomic E-state index is 11.7. The van der Waals surface area contributed by atoms with Gasteiger partial charge in [-0.1, -0.05) is 17.7 Å². The van der Waals surface area contributed by atoms with Crippen LogP contribution in [0.15, 0.2) is 46.9 Å². The minimum atomic E-state index is -0.646. The van der Waals surface area contributed by atoms with Crippen LogP contribution in [0.4, 0.5) is 5.69 Å². The molecule has 6 heteroatoms. The van der Waals surface area contributed by atoms with Crippen LogP contribution < -0.4 is 15.8 Å². The van der Waals surface area contributed by atoms with E-state index in [1.165, 1.54) is 0 Å². The molecule has 4 nitrogen and oxygen atoms in total. The Labute approximate surface area is 136 Å². The van der Waals surface area contributed by atoms with Crippen molar-refractivity contribution in [3.8, 4) is 5.75 Å². The SMILES string of the molecule is COc1ccc(NC(C(N)=O)c2ccc(Cl)c(Br)c2)cc1. The van der Waals surface area contributed by atoms with E-state index in [9.17, 15) is 4.79 Å². The summed E-state index contributed by atoms with van der Waals surface area (Å²) in [6.45, 7) is 0. The number of ether oxygens (including phenoxy) is 1. The summed E-state index contributed by atoms with van der Waals surface area (Å²) in [6, 6.07) is 11.8. The predicted molar refractivity (Wildman–Crippen MR) is 87.7 cm³/mol. The summed E-state index contributed by atoms with van der Waals surface area (Å²) in [7, 11) is 1.60. The molecule has 21 heavy (non-hydrogen) atoms. The van der Waals surface area contributed by atoms with Crippen LogP contribution in [-0.4, -0.2) is 13.0 Å². The van der Waals surface area contributed by atoms with Gasteiger partial charge in [0.25, 0.3) is 0 Å². The van der Waals surface area contributed by atoms with Gasteiger partial charge in [-0.3, -0.25) is 4.79 Å². The number of halogens is 2. The van der Waals surface area contributed by atoms with Crippen molar-refractivity contribution in [3.63, 3.8) is 0 Å². The number of anilines is 1. The van der Waals surface area contributed by atoms with Crippen molar-refractivity contribution in [2.24, 2.45) is 5.73 Å². The van der Waals surface area contributed by atoms with Crippen LogP contribution in [0.3, 0.4) is 0 Å². The van der Waals surface area contributed by atoms with Crippen molar-refractivity contribution < 1.29 is 9.53 Å². The number of carbonyl (C=O) groups is 1. The van der Waals surface area contributed by atoms with E-state index in [1.807, 2.05) is 12.1 Å². The smallest absolute Gasteiger partial charge is 0.244 e. The van der Waals surface area contributed by atoms with E-state index in [0.29, 0.717) is 9.50 Å². The average Bonchev–Trinajstić information content (AvgIpc) is 2.48. The Kier molecular flexibility index (Phi) is 5.09. The van der Waals surface area contributed by atoms with Gasteiger partial charge >= 0.3 is 0 Å². The molecule has 0 aliphatic heterocycles. The van der Waals surface area contributed by atoms with Gasteiger partial charge in [0.2, 0.25) is 5.91 Å². The number of amides is 1. The van der Waals surface area contributed by atoms with E-state index >= 15 is 0 Å². The van der Waals surface area contributed by atoms with Crippen LogP contribution in [0.5, 0.6) is 5.75 Å². The van der Waals surface area contributed by atoms with Crippen molar-refractivity contribution in [1.29, 1.82) is 0 Å². The van der Waals surface area contributed by atoms with Crippen molar-refractivity contribution in [1.82, 2.24) is 0 Å². The second kappa shape index (κ2) is 6.83. The first-order valence-electron chi connectivity index (χ1n) is 6.16. The van der Waals surface area contributed by atoms with E-state index in [2.05, 4.69) is 21.2 Å². The fourth-order valence-electron chi connectivity index (χ4n) is 1.86. The molecule has 0 saturated carbocycles. The molecule has 2 aromatic carbocycles. The maximum Gasteiger partial charge on any atom is 0.244 e. The first-order chi connectivity index (χ1) is 10.0. The third kappa shape index (κ3) is 3.89. The monoisotopic (exact) mass is 368 g/mol. The van der Waals surface area contributed by atoms with E-state index in [-0.39, 0.29) is 0 Å². The number of methoxy groups -OCH3 is 1. The normalized spacial score (nSPS) is 11.8. The third-order valence-corrected chi connectivity index (χ3v) is 4.18. The third-order valence-electron chi connectivity index (χ3n) is 2.96. The molecule has 2 aromatic rings. The molecular weight excluding hydrogens is 356 g/mol. The standard InChI is InChI=1S/C15H14BrClN2O2/c1-21-11-5-3-10(4-6-11)19-14(15(18)20)9-2-7-13(17)12(16)8-9/h2-8,14,19H,1H3,(H2,18,20). The first kappa shape index (κ1) is 15.7. The Morgan fingerprint density at radius 2 is 1.95 bits per heavy atom. The molecule has 1 unspecified atom stereocenters. The number of nitrogens with two attached hydrogens (primary N) is 1. The zero-order valence-corrected chi connectivity index (χ0v) is 13.6. The second-order valence-corrected chi connectivity index (χ2v) is 5.64. The van der Waals surface area contributed by atoms with Crippen molar-refractivity contribution in [3.05, 3.63) is 57.5 Å². The molecule has 0 saturated heterocycles. The average molecular weight is 370 g/mol. The Hall–Kier alpha value is -1.72. The Bertz CT molecular complexity index is 647. The van der Waals surface area contributed by atoms with Gasteiger partial charge in [0.1, 0.15) is 11.8 Å². The van der Waals surface area contributed by atoms with Gasteiger partial charge in [-0.25, -0.2) is 0 Å². The predicted octanol–water partition coefficient (Wildman–Crippen LogP) is 3.75. The molecule has 2 rings (SSSR count). The maximum atomic E-state index is 11.7. The van der Waals surface area contributed by atoms with Gasteiger partial charge in [0.15, 0.2) is 0 Å². The molecule has 0 radical (unpaired) electrons. The molecule has 1 amide bonds. The summed E-state index contributed by atoms with van der Waals surface area (Å²) in [4.78, 5) is 11.7. The van der Waals surface area contributed by atoms with Gasteiger partial charge in [-0.05, 0) is 57.9 Å². The van der Waals surface area contributed by atoms with Crippen molar-refractivity contribution in [2.75, 3.05) is 12.4 Å². The van der Waals surface area contributed by atoms with Gasteiger partial charge < -0.3 is 15.8 Å². The second-order valence-electron chi connectivity index (χ2n) is 4.38. The van der Waals surface area contributed by atoms with E-state index in [1.54, 1.807) is 37.4 Å². The first-order valence-corrected chi connectivity index (χ1v) is 7.33. The lowest BCUT2D eigenvalue weighted by Crippen LogP contribution is -2.27. The summed E-state index contributed by atoms with van der Waals surface area (Å²) in [5.74, 6) is 0.269. The number of nitrogens with one attached hydrogen (secondary N) is 1. The molecule has 0 aliphatic carbocycles. The van der Waals surface area contributed by atoms with E-state index < -0.39 is 11.9 Å². The lowest BCUT2D eigenvalue weighted by molar-refractivity contribution is -0.118. The Morgan fingerprint density at radius 1 is 1.29 bits per heavy atom. The number of hydrogen-bond acceptors (Lipinski definition) is 3. The minimum absolute atomic E-state index is 0.472. The summed E-state index contributed by atoms with van der Waals surface area (Å²) in [5.41, 5.74) is 6.99. The molecular formula is C15H14BrClN2O2. The number of rotatable bonds is 5. The van der Waals surface area contributed by atoms with Crippen LogP contribution in [0.2, 0.25) is 5.02 Å². The number of primary amides is 1. The lowest BCUT2D eigenvalue weighted by Gasteiger charge is -2.18. The number of benzene rings is 2. The summed E-state index contributed by atoms with van der Waals surface area (Å²) >= 11 is 9.30. The van der Waals surface area contributed by atoms with Crippen molar-refractivity contribution >= 4 is 39.1 Å². The molecule has 0 aromatic heterocycles. The highest BCUT2D eigenvalue weighted by atomic mass is 79.9. The highest BCUT2D eigenvalue weighted by molar-refractivity contribution is 9.10. The zero-order chi connectivity index (χ0) is 15.4.